The molecule has 1 aromatic heterocycles. The van der Waals surface area contributed by atoms with E-state index in [2.05, 4.69) is 10.0 Å². The average Bonchev–Trinajstić information content (AvgIpc) is 3.13. The van der Waals surface area contributed by atoms with Gasteiger partial charge in [0.05, 0.1) is 10.4 Å². The van der Waals surface area contributed by atoms with E-state index < -0.39 is 27.7 Å². The predicted octanol–water partition coefficient (Wildman–Crippen LogP) is 3.03. The van der Waals surface area contributed by atoms with Gasteiger partial charge in [-0.25, -0.2) is 13.2 Å². The smallest absolute Gasteiger partial charge is 0.408 e. The molecule has 2 N–H and O–H groups in total. The van der Waals surface area contributed by atoms with Gasteiger partial charge in [-0.15, -0.1) is 0 Å². The van der Waals surface area contributed by atoms with E-state index >= 15 is 0 Å². The van der Waals surface area contributed by atoms with Crippen molar-refractivity contribution in [3.63, 3.8) is 0 Å². The number of nitrogens with zero attached hydrogens (tertiary/aromatic N) is 1. The Balaban J connectivity index is 1.52. The molecule has 0 aliphatic carbocycles. The van der Waals surface area contributed by atoms with Crippen LogP contribution in [0.3, 0.4) is 0 Å². The number of hydrogen-bond acceptors (Lipinski definition) is 5. The Bertz CT molecular complexity index is 1500. The van der Waals surface area contributed by atoms with E-state index in [4.69, 9.17) is 16.0 Å². The van der Waals surface area contributed by atoms with E-state index in [-0.39, 0.29) is 16.9 Å². The Hall–Kier alpha value is -3.40. The molecule has 0 aliphatic heterocycles. The van der Waals surface area contributed by atoms with Gasteiger partial charge in [-0.1, -0.05) is 54.1 Å². The van der Waals surface area contributed by atoms with Crippen LogP contribution in [0.2, 0.25) is 5.02 Å². The lowest BCUT2D eigenvalue weighted by molar-refractivity contribution is -0.122. The number of aryl methyl sites for hydroxylation is 1. The van der Waals surface area contributed by atoms with Crippen molar-refractivity contribution in [1.29, 1.82) is 0 Å². The minimum Gasteiger partial charge on any atom is -0.408 e. The van der Waals surface area contributed by atoms with E-state index in [9.17, 15) is 18.0 Å². The zero-order chi connectivity index (χ0) is 25.0. The summed E-state index contributed by atoms with van der Waals surface area (Å²) < 4.78 is 35.3. The molecule has 0 spiro atoms. The molecule has 0 saturated carbocycles. The molecular formula is C25H24ClN3O5S. The molecule has 0 aliphatic rings. The molecule has 1 atom stereocenters. The lowest BCUT2D eigenvalue weighted by Gasteiger charge is -2.19. The first kappa shape index (κ1) is 24.7. The number of amides is 1. The summed E-state index contributed by atoms with van der Waals surface area (Å²) in [5.74, 6) is -1.04. The molecule has 1 amide bonds. The summed E-state index contributed by atoms with van der Waals surface area (Å²) in [6.45, 7) is 0.328. The highest BCUT2D eigenvalue weighted by atomic mass is 35.5. The van der Waals surface area contributed by atoms with Gasteiger partial charge in [-0.2, -0.15) is 4.72 Å². The molecule has 0 fully saturated rings. The second-order valence-corrected chi connectivity index (χ2v) is 10.2. The summed E-state index contributed by atoms with van der Waals surface area (Å²) in [6.07, 6.45) is 0.729. The second-order valence-electron chi connectivity index (χ2n) is 8.09. The summed E-state index contributed by atoms with van der Waals surface area (Å²) >= 11 is 5.91. The molecule has 0 radical (unpaired) electrons. The molecule has 4 rings (SSSR count). The largest absolute Gasteiger partial charge is 0.419 e. The van der Waals surface area contributed by atoms with Gasteiger partial charge < -0.3 is 9.73 Å². The first-order chi connectivity index (χ1) is 16.7. The lowest BCUT2D eigenvalue weighted by atomic mass is 10.1. The van der Waals surface area contributed by atoms with Gasteiger partial charge in [-0.05, 0) is 48.2 Å². The summed E-state index contributed by atoms with van der Waals surface area (Å²) in [6, 6.07) is 19.5. The lowest BCUT2D eigenvalue weighted by Crippen LogP contribution is -2.48. The third-order valence-electron chi connectivity index (χ3n) is 5.60. The average molecular weight is 514 g/mol. The zero-order valence-electron chi connectivity index (χ0n) is 18.9. The van der Waals surface area contributed by atoms with Crippen molar-refractivity contribution in [2.24, 2.45) is 7.05 Å². The van der Waals surface area contributed by atoms with Gasteiger partial charge in [0.2, 0.25) is 15.9 Å². The fourth-order valence-corrected chi connectivity index (χ4v) is 5.02. The Kier molecular flexibility index (Phi) is 7.39. The van der Waals surface area contributed by atoms with Crippen LogP contribution >= 0.6 is 11.6 Å². The molecule has 10 heteroatoms. The molecule has 4 aromatic rings. The number of carbonyl (C=O) groups is 1. The SMILES string of the molecule is Cn1c(=O)oc2cc(S(=O)(=O)N[C@H](Cc3ccccc3)C(=O)NCCc3ccc(Cl)cc3)ccc21. The Morgan fingerprint density at radius 1 is 1.03 bits per heavy atom. The van der Waals surface area contributed by atoms with E-state index in [1.807, 2.05) is 42.5 Å². The minimum absolute atomic E-state index is 0.105. The maximum absolute atomic E-state index is 13.2. The molecular weight excluding hydrogens is 490 g/mol. The summed E-state index contributed by atoms with van der Waals surface area (Å²) in [7, 11) is -2.57. The first-order valence-electron chi connectivity index (χ1n) is 10.9. The van der Waals surface area contributed by atoms with Crippen molar-refractivity contribution in [2.75, 3.05) is 6.54 Å². The molecule has 1 heterocycles. The maximum atomic E-state index is 13.2. The van der Waals surface area contributed by atoms with Gasteiger partial charge in [0.25, 0.3) is 0 Å². The number of rotatable bonds is 9. The minimum atomic E-state index is -4.10. The van der Waals surface area contributed by atoms with Crippen LogP contribution in [0.25, 0.3) is 11.1 Å². The first-order valence-corrected chi connectivity index (χ1v) is 12.8. The van der Waals surface area contributed by atoms with Crippen molar-refractivity contribution < 1.29 is 17.6 Å². The van der Waals surface area contributed by atoms with Crippen LogP contribution in [0.15, 0.2) is 86.9 Å². The third-order valence-corrected chi connectivity index (χ3v) is 7.32. The molecule has 35 heavy (non-hydrogen) atoms. The Morgan fingerprint density at radius 3 is 2.46 bits per heavy atom. The Labute approximate surface area is 207 Å². The van der Waals surface area contributed by atoms with Crippen LogP contribution in [0.4, 0.5) is 0 Å². The molecule has 8 nitrogen and oxygen atoms in total. The van der Waals surface area contributed by atoms with E-state index in [0.29, 0.717) is 23.5 Å². The van der Waals surface area contributed by atoms with E-state index in [0.717, 1.165) is 11.1 Å². The van der Waals surface area contributed by atoms with Gasteiger partial charge in [0.15, 0.2) is 5.58 Å². The third kappa shape index (κ3) is 6.00. The van der Waals surface area contributed by atoms with Crippen LogP contribution in [0, 0.1) is 0 Å². The molecule has 0 unspecified atom stereocenters. The molecule has 0 saturated heterocycles. The van der Waals surface area contributed by atoms with Crippen LogP contribution in [-0.2, 0) is 34.7 Å². The highest BCUT2D eigenvalue weighted by molar-refractivity contribution is 7.89. The summed E-state index contributed by atoms with van der Waals surface area (Å²) in [5.41, 5.74) is 2.41. The number of nitrogens with one attached hydrogen (secondary N) is 2. The van der Waals surface area contributed by atoms with Crippen molar-refractivity contribution >= 4 is 38.6 Å². The zero-order valence-corrected chi connectivity index (χ0v) is 20.5. The van der Waals surface area contributed by atoms with Gasteiger partial charge >= 0.3 is 5.76 Å². The molecule has 3 aromatic carbocycles. The van der Waals surface area contributed by atoms with Crippen LogP contribution in [0.1, 0.15) is 11.1 Å². The number of halogens is 1. The van der Waals surface area contributed by atoms with Crippen molar-refractivity contribution in [3.8, 4) is 0 Å². The highest BCUT2D eigenvalue weighted by Gasteiger charge is 2.26. The number of aromatic nitrogens is 1. The standard InChI is InChI=1S/C25H24ClN3O5S/c1-29-22-12-11-20(16-23(22)34-25(29)31)35(32,33)28-21(15-18-5-3-2-4-6-18)24(30)27-14-13-17-7-9-19(26)10-8-17/h2-12,16,21,28H,13-15H2,1H3,(H,27,30)/t21-/m1/s1. The highest BCUT2D eigenvalue weighted by Crippen LogP contribution is 2.19. The number of benzene rings is 3. The number of sulfonamides is 1. The predicted molar refractivity (Wildman–Crippen MR) is 134 cm³/mol. The number of hydrogen-bond donors (Lipinski definition) is 2. The quantitative estimate of drug-likeness (QED) is 0.357. The topological polar surface area (TPSA) is 110 Å². The molecule has 0 bridgehead atoms. The number of fused-ring (bicyclic) bond motifs is 1. The molecule has 182 valence electrons. The fourth-order valence-electron chi connectivity index (χ4n) is 3.68. The van der Waals surface area contributed by atoms with Crippen LogP contribution in [-0.4, -0.2) is 31.5 Å². The van der Waals surface area contributed by atoms with Crippen LogP contribution in [0.5, 0.6) is 0 Å². The van der Waals surface area contributed by atoms with Gasteiger partial charge in [0, 0.05) is 24.7 Å². The summed E-state index contributed by atoms with van der Waals surface area (Å²) in [4.78, 5) is 24.7. The monoisotopic (exact) mass is 513 g/mol. The van der Waals surface area contributed by atoms with Crippen molar-refractivity contribution in [1.82, 2.24) is 14.6 Å². The van der Waals surface area contributed by atoms with E-state index in [1.165, 1.54) is 29.8 Å². The van der Waals surface area contributed by atoms with Gasteiger partial charge in [0.1, 0.15) is 6.04 Å². The van der Waals surface area contributed by atoms with Crippen molar-refractivity contribution in [3.05, 3.63) is 99.5 Å². The number of oxazole rings is 1. The normalized spacial score (nSPS) is 12.5. The van der Waals surface area contributed by atoms with Crippen LogP contribution < -0.4 is 15.8 Å². The second kappa shape index (κ2) is 10.5. The summed E-state index contributed by atoms with van der Waals surface area (Å²) in [5, 5.41) is 3.45. The number of carbonyl (C=O) groups excluding carboxylic acids is 1. The van der Waals surface area contributed by atoms with Crippen molar-refractivity contribution in [2.45, 2.75) is 23.8 Å². The maximum Gasteiger partial charge on any atom is 0.419 e. The van der Waals surface area contributed by atoms with E-state index in [1.54, 1.807) is 12.1 Å². The fraction of sp³-hybridized carbons (Fsp3) is 0.200. The van der Waals surface area contributed by atoms with Gasteiger partial charge in [-0.3, -0.25) is 9.36 Å². The Morgan fingerprint density at radius 2 is 1.74 bits per heavy atom.